The molecule has 1 aromatic carbocycles. The zero-order valence-corrected chi connectivity index (χ0v) is 11.6. The Morgan fingerprint density at radius 3 is 2.53 bits per heavy atom. The van der Waals surface area contributed by atoms with Crippen molar-refractivity contribution in [2.24, 2.45) is 16.8 Å². The minimum Gasteiger partial charge on any atom is -0.299 e. The van der Waals surface area contributed by atoms with Gasteiger partial charge in [0.25, 0.3) is 0 Å². The van der Waals surface area contributed by atoms with E-state index < -0.39 is 0 Å². The summed E-state index contributed by atoms with van der Waals surface area (Å²) in [5.74, 6) is 2.27. The number of hydrogen-bond donors (Lipinski definition) is 0. The fourth-order valence-electron chi connectivity index (χ4n) is 2.59. The van der Waals surface area contributed by atoms with Crippen LogP contribution in [0, 0.1) is 11.8 Å². The highest BCUT2D eigenvalue weighted by Crippen LogP contribution is 2.36. The van der Waals surface area contributed by atoms with Crippen molar-refractivity contribution in [3.8, 4) is 0 Å². The molecular weight excluding hydrogens is 232 g/mol. The van der Waals surface area contributed by atoms with Gasteiger partial charge in [-0.15, -0.1) is 0 Å². The number of para-hydroxylation sites is 1. The van der Waals surface area contributed by atoms with Gasteiger partial charge < -0.3 is 0 Å². The molecule has 2 nitrogen and oxygen atoms in total. The lowest BCUT2D eigenvalue weighted by Gasteiger charge is -2.23. The molecular formula is C17H20N2. The first-order valence-electron chi connectivity index (χ1n) is 6.98. The van der Waals surface area contributed by atoms with E-state index in [1.165, 1.54) is 12.1 Å². The fourth-order valence-corrected chi connectivity index (χ4v) is 2.59. The van der Waals surface area contributed by atoms with Crippen molar-refractivity contribution in [1.29, 1.82) is 0 Å². The normalized spacial score (nSPS) is 31.5. The molecule has 1 fully saturated rings. The van der Waals surface area contributed by atoms with Crippen molar-refractivity contribution >= 4 is 11.5 Å². The summed E-state index contributed by atoms with van der Waals surface area (Å²) >= 11 is 0. The molecule has 1 aliphatic heterocycles. The van der Waals surface area contributed by atoms with Crippen molar-refractivity contribution in [2.45, 2.75) is 26.3 Å². The summed E-state index contributed by atoms with van der Waals surface area (Å²) in [5.41, 5.74) is 2.32. The summed E-state index contributed by atoms with van der Waals surface area (Å²) in [5, 5.41) is 0. The zero-order valence-electron chi connectivity index (χ0n) is 11.6. The van der Waals surface area contributed by atoms with Crippen LogP contribution in [0.1, 0.15) is 20.3 Å². The van der Waals surface area contributed by atoms with Crippen LogP contribution in [-0.2, 0) is 0 Å². The fraction of sp³-hybridized carbons (Fsp3) is 0.353. The van der Waals surface area contributed by atoms with E-state index in [-0.39, 0.29) is 0 Å². The van der Waals surface area contributed by atoms with Crippen LogP contribution >= 0.6 is 0 Å². The standard InChI is InChI=1S/C17H20N2/c1-4-14-10-13(3)17(18-16-11-12(16)2)19(14)15-8-6-5-7-9-15/h4-10,12-13,16H,1,11H2,2-3H3. The minimum atomic E-state index is 0.362. The molecule has 0 radical (unpaired) electrons. The highest BCUT2D eigenvalue weighted by atomic mass is 15.2. The number of allylic oxidation sites excluding steroid dienone is 1. The second kappa shape index (κ2) is 4.69. The predicted molar refractivity (Wildman–Crippen MR) is 81.4 cm³/mol. The van der Waals surface area contributed by atoms with E-state index in [4.69, 9.17) is 4.99 Å². The van der Waals surface area contributed by atoms with Crippen LogP contribution in [0.4, 0.5) is 5.69 Å². The Labute approximate surface area is 115 Å². The van der Waals surface area contributed by atoms with E-state index in [1.54, 1.807) is 0 Å². The second-order valence-electron chi connectivity index (χ2n) is 5.52. The molecule has 3 unspecified atom stereocenters. The molecule has 1 heterocycles. The maximum atomic E-state index is 4.95. The molecule has 98 valence electrons. The summed E-state index contributed by atoms with van der Waals surface area (Å²) in [6.07, 6.45) is 5.39. The summed E-state index contributed by atoms with van der Waals surface area (Å²) in [6.45, 7) is 8.41. The van der Waals surface area contributed by atoms with Gasteiger partial charge in [-0.3, -0.25) is 9.89 Å². The lowest BCUT2D eigenvalue weighted by Crippen LogP contribution is -2.28. The maximum absolute atomic E-state index is 4.95. The highest BCUT2D eigenvalue weighted by molar-refractivity contribution is 6.06. The quantitative estimate of drug-likeness (QED) is 0.793. The lowest BCUT2D eigenvalue weighted by atomic mass is 10.2. The average Bonchev–Trinajstić information content (AvgIpc) is 3.02. The smallest absolute Gasteiger partial charge is 0.115 e. The van der Waals surface area contributed by atoms with Gasteiger partial charge in [0.15, 0.2) is 0 Å². The van der Waals surface area contributed by atoms with Gasteiger partial charge in [0.05, 0.1) is 6.04 Å². The van der Waals surface area contributed by atoms with E-state index in [0.29, 0.717) is 12.0 Å². The molecule has 0 aromatic heterocycles. The van der Waals surface area contributed by atoms with E-state index in [0.717, 1.165) is 17.5 Å². The van der Waals surface area contributed by atoms with Gasteiger partial charge in [0, 0.05) is 17.3 Å². The molecule has 0 N–H and O–H groups in total. The Balaban J connectivity index is 1.99. The highest BCUT2D eigenvalue weighted by Gasteiger charge is 2.36. The maximum Gasteiger partial charge on any atom is 0.115 e. The number of amidine groups is 1. The first kappa shape index (κ1) is 12.2. The van der Waals surface area contributed by atoms with Crippen molar-refractivity contribution < 1.29 is 0 Å². The van der Waals surface area contributed by atoms with Crippen LogP contribution in [0.5, 0.6) is 0 Å². The number of rotatable bonds is 3. The van der Waals surface area contributed by atoms with Crippen LogP contribution in [0.3, 0.4) is 0 Å². The van der Waals surface area contributed by atoms with Gasteiger partial charge in [-0.2, -0.15) is 0 Å². The Morgan fingerprint density at radius 2 is 1.95 bits per heavy atom. The topological polar surface area (TPSA) is 15.6 Å². The molecule has 3 rings (SSSR count). The molecule has 1 aromatic rings. The van der Waals surface area contributed by atoms with Crippen LogP contribution in [0.25, 0.3) is 0 Å². The van der Waals surface area contributed by atoms with Gasteiger partial charge in [0.2, 0.25) is 0 Å². The van der Waals surface area contributed by atoms with Crippen LogP contribution in [0.15, 0.2) is 59.8 Å². The van der Waals surface area contributed by atoms with E-state index in [1.807, 2.05) is 12.1 Å². The van der Waals surface area contributed by atoms with E-state index >= 15 is 0 Å². The van der Waals surface area contributed by atoms with E-state index in [9.17, 15) is 0 Å². The Morgan fingerprint density at radius 1 is 1.26 bits per heavy atom. The molecule has 0 spiro atoms. The van der Waals surface area contributed by atoms with Crippen molar-refractivity contribution in [3.63, 3.8) is 0 Å². The first-order valence-corrected chi connectivity index (χ1v) is 6.98. The van der Waals surface area contributed by atoms with Gasteiger partial charge in [-0.1, -0.05) is 38.6 Å². The molecule has 0 amide bonds. The molecule has 3 atom stereocenters. The lowest BCUT2D eigenvalue weighted by molar-refractivity contribution is 0.875. The summed E-state index contributed by atoms with van der Waals surface area (Å²) < 4.78 is 0. The van der Waals surface area contributed by atoms with Crippen LogP contribution in [0.2, 0.25) is 0 Å². The van der Waals surface area contributed by atoms with Gasteiger partial charge in [-0.05, 0) is 36.6 Å². The third kappa shape index (κ3) is 2.23. The average molecular weight is 252 g/mol. The zero-order chi connectivity index (χ0) is 13.4. The first-order chi connectivity index (χ1) is 9.20. The van der Waals surface area contributed by atoms with Gasteiger partial charge in [-0.25, -0.2) is 0 Å². The van der Waals surface area contributed by atoms with E-state index in [2.05, 4.69) is 55.7 Å². The molecule has 19 heavy (non-hydrogen) atoms. The Bertz CT molecular complexity index is 542. The third-order valence-corrected chi connectivity index (χ3v) is 3.90. The summed E-state index contributed by atoms with van der Waals surface area (Å²) in [7, 11) is 0. The minimum absolute atomic E-state index is 0.362. The molecule has 2 heteroatoms. The molecule has 0 saturated heterocycles. The van der Waals surface area contributed by atoms with Crippen molar-refractivity contribution in [1.82, 2.24) is 0 Å². The molecule has 2 aliphatic rings. The summed E-state index contributed by atoms with van der Waals surface area (Å²) in [6, 6.07) is 10.9. The monoisotopic (exact) mass is 252 g/mol. The third-order valence-electron chi connectivity index (χ3n) is 3.90. The molecule has 1 aliphatic carbocycles. The summed E-state index contributed by atoms with van der Waals surface area (Å²) in [4.78, 5) is 7.19. The number of hydrogen-bond acceptors (Lipinski definition) is 1. The molecule has 1 saturated carbocycles. The van der Waals surface area contributed by atoms with Crippen LogP contribution in [-0.4, -0.2) is 11.9 Å². The largest absolute Gasteiger partial charge is 0.299 e. The number of aliphatic imine (C=N–C) groups is 1. The van der Waals surface area contributed by atoms with Gasteiger partial charge >= 0.3 is 0 Å². The number of benzene rings is 1. The number of nitrogens with zero attached hydrogens (tertiary/aromatic N) is 2. The Hall–Kier alpha value is -1.83. The number of anilines is 1. The van der Waals surface area contributed by atoms with Crippen LogP contribution < -0.4 is 4.90 Å². The Kier molecular flexibility index (Phi) is 3.02. The predicted octanol–water partition coefficient (Wildman–Crippen LogP) is 4.02. The van der Waals surface area contributed by atoms with Crippen molar-refractivity contribution in [2.75, 3.05) is 4.90 Å². The molecule has 0 bridgehead atoms. The van der Waals surface area contributed by atoms with Crippen molar-refractivity contribution in [3.05, 3.63) is 54.8 Å². The SMILES string of the molecule is C=CC1=CC(C)C(=NC2CC2C)N1c1ccccc1. The van der Waals surface area contributed by atoms with Gasteiger partial charge in [0.1, 0.15) is 5.84 Å². The second-order valence-corrected chi connectivity index (χ2v) is 5.52.